The van der Waals surface area contributed by atoms with E-state index in [-0.39, 0.29) is 21.9 Å². The molecule has 0 heterocycles. The molecule has 0 fully saturated rings. The molecule has 1 amide bonds. The van der Waals surface area contributed by atoms with Crippen molar-refractivity contribution in [2.24, 2.45) is 5.14 Å². The predicted molar refractivity (Wildman–Crippen MR) is 83.5 cm³/mol. The fourth-order valence-electron chi connectivity index (χ4n) is 2.00. The van der Waals surface area contributed by atoms with E-state index in [1.807, 2.05) is 0 Å². The molecule has 0 aromatic heterocycles. The fourth-order valence-corrected chi connectivity index (χ4v) is 2.80. The molecule has 2 aromatic carbocycles. The number of primary sulfonamides is 1. The average Bonchev–Trinajstić information content (AvgIpc) is 2.48. The maximum atomic E-state index is 13.6. The van der Waals surface area contributed by atoms with Crippen LogP contribution in [0, 0.1) is 12.7 Å². The number of amides is 1. The van der Waals surface area contributed by atoms with E-state index in [9.17, 15) is 17.6 Å². The molecule has 2 rings (SSSR count). The Bertz CT molecular complexity index is 866. The maximum absolute atomic E-state index is 13.6. The normalized spacial score (nSPS) is 11.1. The number of sulfonamides is 1. The second-order valence-corrected chi connectivity index (χ2v) is 6.36. The lowest BCUT2D eigenvalue weighted by molar-refractivity contribution is 0.102. The highest BCUT2D eigenvalue weighted by Crippen LogP contribution is 2.21. The van der Waals surface area contributed by atoms with E-state index in [2.05, 4.69) is 5.32 Å². The van der Waals surface area contributed by atoms with Gasteiger partial charge in [0.1, 0.15) is 0 Å². The van der Waals surface area contributed by atoms with E-state index in [0.29, 0.717) is 5.56 Å². The predicted octanol–water partition coefficient (Wildman–Crippen LogP) is 2.04. The van der Waals surface area contributed by atoms with Gasteiger partial charge in [-0.15, -0.1) is 0 Å². The van der Waals surface area contributed by atoms with Gasteiger partial charge in [0.2, 0.25) is 10.0 Å². The van der Waals surface area contributed by atoms with Gasteiger partial charge in [-0.2, -0.15) is 0 Å². The highest BCUT2D eigenvalue weighted by atomic mass is 32.2. The zero-order valence-corrected chi connectivity index (χ0v) is 13.3. The lowest BCUT2D eigenvalue weighted by Crippen LogP contribution is -2.16. The Kier molecular flexibility index (Phi) is 4.67. The van der Waals surface area contributed by atoms with Crippen molar-refractivity contribution in [1.29, 1.82) is 0 Å². The standard InChI is InChI=1S/C15H15FN2O4S/c1-9-3-5-11(8-14(9)23(17,20)21)18-15(19)10-4-6-13(22-2)12(16)7-10/h3-8H,1-2H3,(H,18,19)(H2,17,20,21). The topological polar surface area (TPSA) is 98.5 Å². The summed E-state index contributed by atoms with van der Waals surface area (Å²) in [5.41, 5.74) is 0.767. The minimum atomic E-state index is -3.90. The Morgan fingerprint density at radius 1 is 1.22 bits per heavy atom. The van der Waals surface area contributed by atoms with E-state index in [4.69, 9.17) is 9.88 Å². The molecule has 0 aliphatic heterocycles. The molecule has 0 aliphatic carbocycles. The number of hydrogen-bond acceptors (Lipinski definition) is 4. The van der Waals surface area contributed by atoms with E-state index in [0.717, 1.165) is 6.07 Å². The van der Waals surface area contributed by atoms with E-state index < -0.39 is 21.7 Å². The molecule has 0 aliphatic rings. The van der Waals surface area contributed by atoms with Crippen molar-refractivity contribution < 1.29 is 22.3 Å². The minimum Gasteiger partial charge on any atom is -0.494 e. The SMILES string of the molecule is COc1ccc(C(=O)Nc2ccc(C)c(S(N)(=O)=O)c2)cc1F. The number of carbonyl (C=O) groups excluding carboxylic acids is 1. The van der Waals surface area contributed by atoms with Gasteiger partial charge in [-0.25, -0.2) is 17.9 Å². The van der Waals surface area contributed by atoms with Gasteiger partial charge in [-0.3, -0.25) is 4.79 Å². The van der Waals surface area contributed by atoms with E-state index in [1.165, 1.54) is 37.4 Å². The maximum Gasteiger partial charge on any atom is 0.255 e. The molecule has 2 aromatic rings. The summed E-state index contributed by atoms with van der Waals surface area (Å²) in [7, 11) is -2.58. The van der Waals surface area contributed by atoms with Gasteiger partial charge in [-0.05, 0) is 42.8 Å². The summed E-state index contributed by atoms with van der Waals surface area (Å²) >= 11 is 0. The third-order valence-corrected chi connectivity index (χ3v) is 4.22. The third kappa shape index (κ3) is 3.85. The van der Waals surface area contributed by atoms with Crippen LogP contribution in [0.2, 0.25) is 0 Å². The lowest BCUT2D eigenvalue weighted by atomic mass is 10.1. The molecule has 6 nitrogen and oxygen atoms in total. The Morgan fingerprint density at radius 2 is 1.91 bits per heavy atom. The molecule has 0 spiro atoms. The van der Waals surface area contributed by atoms with Crippen molar-refractivity contribution in [3.8, 4) is 5.75 Å². The first-order valence-electron chi connectivity index (χ1n) is 6.50. The molecule has 0 saturated heterocycles. The van der Waals surface area contributed by atoms with Crippen molar-refractivity contribution in [2.45, 2.75) is 11.8 Å². The minimum absolute atomic E-state index is 0.0217. The van der Waals surface area contributed by atoms with Crippen LogP contribution in [0.3, 0.4) is 0 Å². The molecular weight excluding hydrogens is 323 g/mol. The first kappa shape index (κ1) is 16.9. The number of methoxy groups -OCH3 is 1. The van der Waals surface area contributed by atoms with Crippen LogP contribution < -0.4 is 15.2 Å². The van der Waals surface area contributed by atoms with Crippen LogP contribution in [0.15, 0.2) is 41.3 Å². The monoisotopic (exact) mass is 338 g/mol. The molecule has 122 valence electrons. The van der Waals surface area contributed by atoms with Crippen molar-refractivity contribution in [3.63, 3.8) is 0 Å². The van der Waals surface area contributed by atoms with Crippen LogP contribution in [0.25, 0.3) is 0 Å². The van der Waals surface area contributed by atoms with Gasteiger partial charge in [0.15, 0.2) is 11.6 Å². The number of anilines is 1. The van der Waals surface area contributed by atoms with Gasteiger partial charge in [0, 0.05) is 11.3 Å². The van der Waals surface area contributed by atoms with Crippen molar-refractivity contribution in [1.82, 2.24) is 0 Å². The van der Waals surface area contributed by atoms with Gasteiger partial charge in [0.05, 0.1) is 12.0 Å². The van der Waals surface area contributed by atoms with Gasteiger partial charge < -0.3 is 10.1 Å². The first-order chi connectivity index (χ1) is 10.7. The average molecular weight is 338 g/mol. The van der Waals surface area contributed by atoms with Gasteiger partial charge >= 0.3 is 0 Å². The van der Waals surface area contributed by atoms with Gasteiger partial charge in [0.25, 0.3) is 5.91 Å². The number of nitrogens with two attached hydrogens (primary N) is 1. The summed E-state index contributed by atoms with van der Waals surface area (Å²) in [4.78, 5) is 12.0. The highest BCUT2D eigenvalue weighted by molar-refractivity contribution is 7.89. The summed E-state index contributed by atoms with van der Waals surface area (Å²) < 4.78 is 41.4. The van der Waals surface area contributed by atoms with E-state index in [1.54, 1.807) is 6.92 Å². The number of ether oxygens (including phenoxy) is 1. The van der Waals surface area contributed by atoms with Crippen LogP contribution in [0.5, 0.6) is 5.75 Å². The van der Waals surface area contributed by atoms with Crippen LogP contribution in [0.4, 0.5) is 10.1 Å². The van der Waals surface area contributed by atoms with Crippen molar-refractivity contribution in [3.05, 3.63) is 53.3 Å². The number of rotatable bonds is 4. The van der Waals surface area contributed by atoms with Crippen LogP contribution in [-0.4, -0.2) is 21.4 Å². The summed E-state index contributed by atoms with van der Waals surface area (Å²) in [6.07, 6.45) is 0. The van der Waals surface area contributed by atoms with Crippen LogP contribution in [0.1, 0.15) is 15.9 Å². The lowest BCUT2D eigenvalue weighted by Gasteiger charge is -2.09. The molecular formula is C15H15FN2O4S. The second kappa shape index (κ2) is 6.35. The Morgan fingerprint density at radius 3 is 2.48 bits per heavy atom. The first-order valence-corrected chi connectivity index (χ1v) is 8.05. The van der Waals surface area contributed by atoms with Gasteiger partial charge in [-0.1, -0.05) is 6.07 Å². The number of hydrogen-bond donors (Lipinski definition) is 2. The van der Waals surface area contributed by atoms with Crippen molar-refractivity contribution in [2.75, 3.05) is 12.4 Å². The molecule has 0 saturated carbocycles. The fraction of sp³-hybridized carbons (Fsp3) is 0.133. The molecule has 0 unspecified atom stereocenters. The Balaban J connectivity index is 2.29. The molecule has 0 radical (unpaired) electrons. The molecule has 0 bridgehead atoms. The quantitative estimate of drug-likeness (QED) is 0.891. The number of aryl methyl sites for hydroxylation is 1. The smallest absolute Gasteiger partial charge is 0.255 e. The van der Waals surface area contributed by atoms with Crippen LogP contribution in [-0.2, 0) is 10.0 Å². The number of carbonyl (C=O) groups is 1. The zero-order valence-electron chi connectivity index (χ0n) is 12.5. The zero-order chi connectivity index (χ0) is 17.2. The Hall–Kier alpha value is -2.45. The summed E-state index contributed by atoms with van der Waals surface area (Å²) in [6.45, 7) is 1.59. The second-order valence-electron chi connectivity index (χ2n) is 4.83. The largest absolute Gasteiger partial charge is 0.494 e. The Labute approximate surface area is 133 Å². The van der Waals surface area contributed by atoms with Crippen molar-refractivity contribution >= 4 is 21.6 Å². The third-order valence-electron chi connectivity index (χ3n) is 3.17. The highest BCUT2D eigenvalue weighted by Gasteiger charge is 2.14. The van der Waals surface area contributed by atoms with E-state index >= 15 is 0 Å². The summed E-state index contributed by atoms with van der Waals surface area (Å²) in [5.74, 6) is -1.24. The summed E-state index contributed by atoms with van der Waals surface area (Å²) in [6, 6.07) is 8.05. The summed E-state index contributed by atoms with van der Waals surface area (Å²) in [5, 5.41) is 7.61. The molecule has 3 N–H and O–H groups in total. The molecule has 0 atom stereocenters. The molecule has 8 heteroatoms. The molecule has 23 heavy (non-hydrogen) atoms. The van der Waals surface area contributed by atoms with Crippen LogP contribution >= 0.6 is 0 Å². The number of halogens is 1. The number of benzene rings is 2. The number of nitrogens with one attached hydrogen (secondary N) is 1.